The second-order valence-corrected chi connectivity index (χ2v) is 7.04. The van der Waals surface area contributed by atoms with Crippen LogP contribution in [-0.4, -0.2) is 34.9 Å². The zero-order chi connectivity index (χ0) is 16.5. The highest BCUT2D eigenvalue weighted by atomic mass is 32.2. The summed E-state index contributed by atoms with van der Waals surface area (Å²) < 4.78 is 11.4. The third-order valence-electron chi connectivity index (χ3n) is 4.01. The predicted octanol–water partition coefficient (Wildman–Crippen LogP) is 2.85. The normalized spacial score (nSPS) is 13.6. The van der Waals surface area contributed by atoms with Gasteiger partial charge in [-0.15, -0.1) is 0 Å². The van der Waals surface area contributed by atoms with Crippen LogP contribution < -0.4 is 5.73 Å². The molecule has 4 nitrogen and oxygen atoms in total. The van der Waals surface area contributed by atoms with Crippen molar-refractivity contribution >= 4 is 16.7 Å². The number of hydrogen-bond acceptors (Lipinski definition) is 3. The SMILES string of the molecule is CC(c1ccc(S(C)=O)cc1)N(C)C(=O)CCCCCCN. The molecule has 1 aromatic carbocycles. The largest absolute Gasteiger partial charge is 0.339 e. The van der Waals surface area contributed by atoms with E-state index >= 15 is 0 Å². The molecule has 2 N–H and O–H groups in total. The topological polar surface area (TPSA) is 63.4 Å². The Balaban J connectivity index is 2.50. The van der Waals surface area contributed by atoms with Gasteiger partial charge in [-0.3, -0.25) is 9.00 Å². The molecule has 0 aliphatic rings. The van der Waals surface area contributed by atoms with Gasteiger partial charge in [-0.2, -0.15) is 0 Å². The van der Waals surface area contributed by atoms with Crippen molar-refractivity contribution in [2.24, 2.45) is 5.73 Å². The number of rotatable bonds is 9. The molecule has 0 spiro atoms. The summed E-state index contributed by atoms with van der Waals surface area (Å²) in [5.41, 5.74) is 6.52. The second kappa shape index (κ2) is 9.74. The van der Waals surface area contributed by atoms with Crippen molar-refractivity contribution in [1.82, 2.24) is 4.90 Å². The Morgan fingerprint density at radius 2 is 1.77 bits per heavy atom. The van der Waals surface area contributed by atoms with E-state index in [1.807, 2.05) is 38.2 Å². The Bertz CT molecular complexity index is 488. The van der Waals surface area contributed by atoms with Crippen molar-refractivity contribution < 1.29 is 9.00 Å². The quantitative estimate of drug-likeness (QED) is 0.710. The van der Waals surface area contributed by atoms with Crippen molar-refractivity contribution in [3.8, 4) is 0 Å². The van der Waals surface area contributed by atoms with E-state index in [1.54, 1.807) is 11.2 Å². The van der Waals surface area contributed by atoms with Gasteiger partial charge in [0.15, 0.2) is 0 Å². The molecule has 2 unspecified atom stereocenters. The maximum absolute atomic E-state index is 12.2. The fourth-order valence-electron chi connectivity index (χ4n) is 2.33. The lowest BCUT2D eigenvalue weighted by atomic mass is 10.1. The first-order valence-electron chi connectivity index (χ1n) is 7.86. The zero-order valence-corrected chi connectivity index (χ0v) is 14.7. The molecule has 0 saturated heterocycles. The molecule has 1 amide bonds. The van der Waals surface area contributed by atoms with E-state index in [0.717, 1.165) is 42.7 Å². The zero-order valence-electron chi connectivity index (χ0n) is 13.9. The lowest BCUT2D eigenvalue weighted by molar-refractivity contribution is -0.131. The first kappa shape index (κ1) is 18.8. The van der Waals surface area contributed by atoms with E-state index in [2.05, 4.69) is 0 Å². The van der Waals surface area contributed by atoms with Gasteiger partial charge >= 0.3 is 0 Å². The van der Waals surface area contributed by atoms with Crippen LogP contribution in [0.3, 0.4) is 0 Å². The maximum Gasteiger partial charge on any atom is 0.222 e. The Labute approximate surface area is 136 Å². The minimum atomic E-state index is -0.967. The first-order chi connectivity index (χ1) is 10.5. The van der Waals surface area contributed by atoms with Crippen LogP contribution in [-0.2, 0) is 15.6 Å². The lowest BCUT2D eigenvalue weighted by Crippen LogP contribution is -2.29. The molecule has 2 atom stereocenters. The van der Waals surface area contributed by atoms with Crippen LogP contribution in [0.2, 0.25) is 0 Å². The van der Waals surface area contributed by atoms with Crippen molar-refractivity contribution in [3.63, 3.8) is 0 Å². The van der Waals surface area contributed by atoms with Crippen LogP contribution in [0.1, 0.15) is 50.6 Å². The molecule has 0 radical (unpaired) electrons. The minimum absolute atomic E-state index is 0.0240. The van der Waals surface area contributed by atoms with Crippen LogP contribution in [0.15, 0.2) is 29.2 Å². The summed E-state index contributed by atoms with van der Waals surface area (Å²) in [6, 6.07) is 7.66. The fourth-order valence-corrected chi connectivity index (χ4v) is 2.85. The third-order valence-corrected chi connectivity index (χ3v) is 4.95. The average Bonchev–Trinajstić information content (AvgIpc) is 2.53. The van der Waals surface area contributed by atoms with E-state index in [1.165, 1.54) is 0 Å². The molecule has 1 aromatic rings. The predicted molar refractivity (Wildman–Crippen MR) is 92.1 cm³/mol. The van der Waals surface area contributed by atoms with Crippen molar-refractivity contribution in [2.45, 2.75) is 50.0 Å². The first-order valence-corrected chi connectivity index (χ1v) is 9.42. The van der Waals surface area contributed by atoms with E-state index in [4.69, 9.17) is 5.73 Å². The van der Waals surface area contributed by atoms with Gasteiger partial charge in [0.2, 0.25) is 5.91 Å². The van der Waals surface area contributed by atoms with Crippen LogP contribution in [0.5, 0.6) is 0 Å². The van der Waals surface area contributed by atoms with Crippen molar-refractivity contribution in [1.29, 1.82) is 0 Å². The summed E-state index contributed by atoms with van der Waals surface area (Å²) in [4.78, 5) is 14.8. The van der Waals surface area contributed by atoms with Gasteiger partial charge in [-0.1, -0.05) is 25.0 Å². The molecule has 5 heteroatoms. The van der Waals surface area contributed by atoms with Crippen LogP contribution in [0, 0.1) is 0 Å². The van der Waals surface area contributed by atoms with Gasteiger partial charge < -0.3 is 10.6 Å². The number of amides is 1. The van der Waals surface area contributed by atoms with Gasteiger partial charge in [0.25, 0.3) is 0 Å². The molecule has 124 valence electrons. The van der Waals surface area contributed by atoms with Gasteiger partial charge in [0.1, 0.15) is 0 Å². The smallest absolute Gasteiger partial charge is 0.222 e. The number of benzene rings is 1. The number of hydrogen-bond donors (Lipinski definition) is 1. The van der Waals surface area contributed by atoms with Crippen LogP contribution in [0.4, 0.5) is 0 Å². The van der Waals surface area contributed by atoms with Crippen molar-refractivity contribution in [2.75, 3.05) is 19.8 Å². The van der Waals surface area contributed by atoms with Crippen LogP contribution >= 0.6 is 0 Å². The molecule has 22 heavy (non-hydrogen) atoms. The molecule has 1 rings (SSSR count). The molecule has 0 aromatic heterocycles. The Hall–Kier alpha value is -1.20. The molecule has 0 bridgehead atoms. The number of nitrogens with two attached hydrogens (primary N) is 1. The van der Waals surface area contributed by atoms with E-state index in [9.17, 15) is 9.00 Å². The highest BCUT2D eigenvalue weighted by Gasteiger charge is 2.17. The number of unbranched alkanes of at least 4 members (excludes halogenated alkanes) is 3. The molecule has 0 saturated carbocycles. The fraction of sp³-hybridized carbons (Fsp3) is 0.588. The van der Waals surface area contributed by atoms with Gasteiger partial charge in [0.05, 0.1) is 6.04 Å². The number of nitrogens with zero attached hydrogens (tertiary/aromatic N) is 1. The summed E-state index contributed by atoms with van der Waals surface area (Å²) in [6.45, 7) is 2.74. The molecule has 0 heterocycles. The summed E-state index contributed by atoms with van der Waals surface area (Å²) in [6.07, 6.45) is 6.36. The van der Waals surface area contributed by atoms with Crippen molar-refractivity contribution in [3.05, 3.63) is 29.8 Å². The molecular weight excluding hydrogens is 296 g/mol. The minimum Gasteiger partial charge on any atom is -0.339 e. The maximum atomic E-state index is 12.2. The second-order valence-electron chi connectivity index (χ2n) is 5.66. The molecule has 0 aliphatic carbocycles. The highest BCUT2D eigenvalue weighted by Crippen LogP contribution is 2.21. The van der Waals surface area contributed by atoms with Gasteiger partial charge in [-0.05, 0) is 44.0 Å². The van der Waals surface area contributed by atoms with E-state index < -0.39 is 10.8 Å². The summed E-state index contributed by atoms with van der Waals surface area (Å²) in [5, 5.41) is 0. The van der Waals surface area contributed by atoms with E-state index in [-0.39, 0.29) is 11.9 Å². The number of carbonyl (C=O) groups excluding carboxylic acids is 1. The van der Waals surface area contributed by atoms with Gasteiger partial charge in [0, 0.05) is 35.4 Å². The molecule has 0 fully saturated rings. The third kappa shape index (κ3) is 5.89. The van der Waals surface area contributed by atoms with Gasteiger partial charge in [-0.25, -0.2) is 0 Å². The highest BCUT2D eigenvalue weighted by molar-refractivity contribution is 7.84. The monoisotopic (exact) mass is 324 g/mol. The summed E-state index contributed by atoms with van der Waals surface area (Å²) >= 11 is 0. The van der Waals surface area contributed by atoms with Crippen LogP contribution in [0.25, 0.3) is 0 Å². The molecule has 0 aliphatic heterocycles. The number of carbonyl (C=O) groups is 1. The Morgan fingerprint density at radius 1 is 1.18 bits per heavy atom. The summed E-state index contributed by atoms with van der Waals surface area (Å²) in [7, 11) is 0.879. The average molecular weight is 324 g/mol. The summed E-state index contributed by atoms with van der Waals surface area (Å²) in [5.74, 6) is 0.170. The van der Waals surface area contributed by atoms with E-state index in [0.29, 0.717) is 6.42 Å². The molecular formula is C17H28N2O2S. The Kier molecular flexibility index (Phi) is 8.35. The standard InChI is InChI=1S/C17H28N2O2S/c1-14(15-9-11-16(12-10-15)22(3)21)19(2)17(20)8-6-4-5-7-13-18/h9-12,14H,4-8,13,18H2,1-3H3. The lowest BCUT2D eigenvalue weighted by Gasteiger charge is -2.25. The Morgan fingerprint density at radius 3 is 2.32 bits per heavy atom.